The van der Waals surface area contributed by atoms with Gasteiger partial charge in [-0.15, -0.1) is 0 Å². The summed E-state index contributed by atoms with van der Waals surface area (Å²) in [4.78, 5) is 12.1. The second kappa shape index (κ2) is 9.59. The van der Waals surface area contributed by atoms with E-state index in [0.29, 0.717) is 22.9 Å². The molecule has 0 aliphatic heterocycles. The first-order chi connectivity index (χ1) is 12.4. The number of benzene rings is 2. The van der Waals surface area contributed by atoms with Crippen LogP contribution < -0.4 is 4.72 Å². The topological polar surface area (TPSA) is 72.5 Å². The van der Waals surface area contributed by atoms with E-state index >= 15 is 0 Å². The van der Waals surface area contributed by atoms with E-state index in [4.69, 9.17) is 16.3 Å². The lowest BCUT2D eigenvalue weighted by molar-refractivity contribution is 0.0498. The van der Waals surface area contributed by atoms with E-state index in [2.05, 4.69) is 11.6 Å². The summed E-state index contributed by atoms with van der Waals surface area (Å²) in [6.45, 7) is 2.51. The number of halogens is 1. The van der Waals surface area contributed by atoms with Gasteiger partial charge in [-0.2, -0.15) is 0 Å². The van der Waals surface area contributed by atoms with Crippen molar-refractivity contribution in [3.05, 3.63) is 59.1 Å². The number of hydrogen-bond donors (Lipinski definition) is 1. The van der Waals surface area contributed by atoms with Crippen molar-refractivity contribution in [2.75, 3.05) is 11.3 Å². The first kappa shape index (κ1) is 20.3. The normalized spacial score (nSPS) is 11.2. The molecule has 0 unspecified atom stereocenters. The summed E-state index contributed by atoms with van der Waals surface area (Å²) >= 11 is 5.77. The van der Waals surface area contributed by atoms with Crippen molar-refractivity contribution in [2.45, 2.75) is 37.5 Å². The molecule has 0 aliphatic carbocycles. The van der Waals surface area contributed by atoms with E-state index in [0.717, 1.165) is 25.7 Å². The number of carbonyl (C=O) groups is 1. The molecule has 0 aliphatic rings. The average molecular weight is 396 g/mol. The minimum absolute atomic E-state index is 0.109. The van der Waals surface area contributed by atoms with Gasteiger partial charge >= 0.3 is 5.97 Å². The van der Waals surface area contributed by atoms with Crippen molar-refractivity contribution >= 4 is 33.3 Å². The molecule has 140 valence electrons. The Morgan fingerprint density at radius 3 is 2.27 bits per heavy atom. The quantitative estimate of drug-likeness (QED) is 0.485. The lowest BCUT2D eigenvalue weighted by Crippen LogP contribution is -2.13. The standard InChI is InChI=1S/C19H22ClNO4S/c1-2-3-4-5-14-25-19(22)15-6-10-17(11-7-15)21-26(23,24)18-12-8-16(20)9-13-18/h6-13,21H,2-5,14H2,1H3. The van der Waals surface area contributed by atoms with Gasteiger partial charge < -0.3 is 4.74 Å². The Hall–Kier alpha value is -2.05. The number of esters is 1. The third-order valence-corrected chi connectivity index (χ3v) is 5.38. The fourth-order valence-corrected chi connectivity index (χ4v) is 3.46. The highest BCUT2D eigenvalue weighted by Gasteiger charge is 2.14. The van der Waals surface area contributed by atoms with E-state index in [1.165, 1.54) is 48.5 Å². The Bertz CT molecular complexity index is 818. The average Bonchev–Trinajstić information content (AvgIpc) is 2.62. The third-order valence-electron chi connectivity index (χ3n) is 3.73. The molecular formula is C19H22ClNO4S. The summed E-state index contributed by atoms with van der Waals surface area (Å²) in [5.41, 5.74) is 0.745. The van der Waals surface area contributed by atoms with Crippen LogP contribution in [0.25, 0.3) is 0 Å². The summed E-state index contributed by atoms with van der Waals surface area (Å²) in [7, 11) is -3.71. The molecule has 0 aromatic heterocycles. The summed E-state index contributed by atoms with van der Waals surface area (Å²) in [6.07, 6.45) is 4.13. The molecule has 0 atom stereocenters. The number of nitrogens with one attached hydrogen (secondary N) is 1. The molecule has 0 fully saturated rings. The molecule has 7 heteroatoms. The number of anilines is 1. The minimum Gasteiger partial charge on any atom is -0.462 e. The molecule has 2 aromatic carbocycles. The van der Waals surface area contributed by atoms with Gasteiger partial charge in [-0.05, 0) is 55.0 Å². The lowest BCUT2D eigenvalue weighted by Gasteiger charge is -2.09. The lowest BCUT2D eigenvalue weighted by atomic mass is 10.2. The monoisotopic (exact) mass is 395 g/mol. The predicted octanol–water partition coefficient (Wildman–Crippen LogP) is 4.88. The molecule has 2 aromatic rings. The van der Waals surface area contributed by atoms with Crippen molar-refractivity contribution in [2.24, 2.45) is 0 Å². The summed E-state index contributed by atoms with van der Waals surface area (Å²) in [5, 5.41) is 0.460. The first-order valence-electron chi connectivity index (χ1n) is 8.48. The van der Waals surface area contributed by atoms with Gasteiger partial charge in [0.25, 0.3) is 10.0 Å². The van der Waals surface area contributed by atoms with E-state index in [1.54, 1.807) is 0 Å². The Morgan fingerprint density at radius 1 is 1.00 bits per heavy atom. The molecule has 0 saturated carbocycles. The number of rotatable bonds is 9. The van der Waals surface area contributed by atoms with Crippen molar-refractivity contribution in [3.8, 4) is 0 Å². The van der Waals surface area contributed by atoms with Gasteiger partial charge in [-0.25, -0.2) is 13.2 Å². The molecule has 0 spiro atoms. The second-order valence-electron chi connectivity index (χ2n) is 5.83. The molecule has 2 rings (SSSR count). The smallest absolute Gasteiger partial charge is 0.338 e. The number of unbranched alkanes of at least 4 members (excludes halogenated alkanes) is 3. The van der Waals surface area contributed by atoms with Crippen LogP contribution in [0.15, 0.2) is 53.4 Å². The molecule has 1 N–H and O–H groups in total. The van der Waals surface area contributed by atoms with Crippen molar-refractivity contribution in [1.82, 2.24) is 0 Å². The number of sulfonamides is 1. The SMILES string of the molecule is CCCCCCOC(=O)c1ccc(NS(=O)(=O)c2ccc(Cl)cc2)cc1. The largest absolute Gasteiger partial charge is 0.462 e. The molecule has 5 nitrogen and oxygen atoms in total. The van der Waals surface area contributed by atoms with Gasteiger partial charge in [0, 0.05) is 10.7 Å². The molecule has 26 heavy (non-hydrogen) atoms. The third kappa shape index (κ3) is 6.04. The number of hydrogen-bond acceptors (Lipinski definition) is 4. The van der Waals surface area contributed by atoms with E-state index < -0.39 is 16.0 Å². The van der Waals surface area contributed by atoms with Gasteiger partial charge in [-0.3, -0.25) is 4.72 Å². The summed E-state index contributed by atoms with van der Waals surface area (Å²) in [5.74, 6) is -0.409. The zero-order valence-corrected chi connectivity index (χ0v) is 16.1. The van der Waals surface area contributed by atoms with Crippen LogP contribution in [-0.4, -0.2) is 21.0 Å². The maximum absolute atomic E-state index is 12.3. The molecule has 0 radical (unpaired) electrons. The van der Waals surface area contributed by atoms with Gasteiger partial charge in [0.05, 0.1) is 17.1 Å². The van der Waals surface area contributed by atoms with Crippen LogP contribution in [0.3, 0.4) is 0 Å². The summed E-state index contributed by atoms with van der Waals surface area (Å²) in [6, 6.07) is 12.0. The maximum atomic E-state index is 12.3. The summed E-state index contributed by atoms with van der Waals surface area (Å²) < 4.78 is 32.3. The molecule has 0 heterocycles. The highest BCUT2D eigenvalue weighted by atomic mass is 35.5. The minimum atomic E-state index is -3.71. The Balaban J connectivity index is 1.94. The van der Waals surface area contributed by atoms with Crippen molar-refractivity contribution in [1.29, 1.82) is 0 Å². The second-order valence-corrected chi connectivity index (χ2v) is 7.95. The zero-order chi connectivity index (χ0) is 19.0. The van der Waals surface area contributed by atoms with Gasteiger partial charge in [0.1, 0.15) is 0 Å². The van der Waals surface area contributed by atoms with Crippen LogP contribution in [0.2, 0.25) is 5.02 Å². The van der Waals surface area contributed by atoms with Crippen LogP contribution in [-0.2, 0) is 14.8 Å². The van der Waals surface area contributed by atoms with E-state index in [1.807, 2.05) is 0 Å². The van der Waals surface area contributed by atoms with Gasteiger partial charge in [-0.1, -0.05) is 37.8 Å². The molecule has 0 saturated heterocycles. The van der Waals surface area contributed by atoms with Crippen molar-refractivity contribution < 1.29 is 17.9 Å². The first-order valence-corrected chi connectivity index (χ1v) is 10.3. The van der Waals surface area contributed by atoms with Crippen LogP contribution in [0, 0.1) is 0 Å². The molecular weight excluding hydrogens is 374 g/mol. The highest BCUT2D eigenvalue weighted by molar-refractivity contribution is 7.92. The number of ether oxygens (including phenoxy) is 1. The van der Waals surface area contributed by atoms with E-state index in [9.17, 15) is 13.2 Å². The Kier molecular flexibility index (Phi) is 7.48. The van der Waals surface area contributed by atoms with Gasteiger partial charge in [0.15, 0.2) is 0 Å². The van der Waals surface area contributed by atoms with Gasteiger partial charge in [0.2, 0.25) is 0 Å². The maximum Gasteiger partial charge on any atom is 0.338 e. The van der Waals surface area contributed by atoms with Crippen LogP contribution in [0.4, 0.5) is 5.69 Å². The molecule has 0 amide bonds. The van der Waals surface area contributed by atoms with Crippen molar-refractivity contribution in [3.63, 3.8) is 0 Å². The fourth-order valence-electron chi connectivity index (χ4n) is 2.28. The predicted molar refractivity (Wildman–Crippen MR) is 103 cm³/mol. The van der Waals surface area contributed by atoms with Crippen LogP contribution in [0.1, 0.15) is 43.0 Å². The Labute approximate surface area is 159 Å². The fraction of sp³-hybridized carbons (Fsp3) is 0.316. The molecule has 0 bridgehead atoms. The highest BCUT2D eigenvalue weighted by Crippen LogP contribution is 2.19. The van der Waals surface area contributed by atoms with Crippen LogP contribution >= 0.6 is 11.6 Å². The Morgan fingerprint density at radius 2 is 1.65 bits per heavy atom. The zero-order valence-electron chi connectivity index (χ0n) is 14.6. The van der Waals surface area contributed by atoms with Crippen LogP contribution in [0.5, 0.6) is 0 Å². The number of carbonyl (C=O) groups excluding carboxylic acids is 1. The van der Waals surface area contributed by atoms with E-state index in [-0.39, 0.29) is 4.90 Å².